The van der Waals surface area contributed by atoms with Crippen molar-refractivity contribution in [1.29, 1.82) is 0 Å². The van der Waals surface area contributed by atoms with E-state index in [4.69, 9.17) is 5.73 Å². The van der Waals surface area contributed by atoms with Crippen molar-refractivity contribution in [2.45, 2.75) is 25.4 Å². The number of benzene rings is 1. The zero-order valence-electron chi connectivity index (χ0n) is 10.1. The quantitative estimate of drug-likeness (QED) is 0.674. The summed E-state index contributed by atoms with van der Waals surface area (Å²) >= 11 is 0. The largest absolute Gasteiger partial charge is 0.327 e. The highest BCUT2D eigenvalue weighted by molar-refractivity contribution is 5.85. The van der Waals surface area contributed by atoms with Gasteiger partial charge < -0.3 is 5.73 Å². The van der Waals surface area contributed by atoms with Crippen LogP contribution in [-0.4, -0.2) is 29.0 Å². The maximum atomic E-state index is 10.7. The van der Waals surface area contributed by atoms with Crippen LogP contribution in [0.25, 0.3) is 0 Å². The highest BCUT2D eigenvalue weighted by Crippen LogP contribution is 2.17. The van der Waals surface area contributed by atoms with Gasteiger partial charge in [0.1, 0.15) is 0 Å². The molecule has 6 heteroatoms. The van der Waals surface area contributed by atoms with Gasteiger partial charge in [0.25, 0.3) is 5.69 Å². The van der Waals surface area contributed by atoms with E-state index in [2.05, 4.69) is 4.90 Å². The SMILES string of the molecule is Cl.N[C@@H]1CCCN(Cc2cccc([N+](=O)[O-])c2)C1. The molecule has 1 aromatic carbocycles. The number of rotatable bonds is 3. The van der Waals surface area contributed by atoms with E-state index in [1.807, 2.05) is 6.07 Å². The van der Waals surface area contributed by atoms with Crippen molar-refractivity contribution in [3.05, 3.63) is 39.9 Å². The fraction of sp³-hybridized carbons (Fsp3) is 0.500. The van der Waals surface area contributed by atoms with E-state index in [1.165, 1.54) is 6.07 Å². The molecule has 1 heterocycles. The Morgan fingerprint density at radius 3 is 2.94 bits per heavy atom. The maximum Gasteiger partial charge on any atom is 0.269 e. The average molecular weight is 272 g/mol. The Balaban J connectivity index is 0.00000162. The summed E-state index contributed by atoms with van der Waals surface area (Å²) in [5.41, 5.74) is 7.04. The molecular weight excluding hydrogens is 254 g/mol. The Morgan fingerprint density at radius 1 is 1.50 bits per heavy atom. The third-order valence-electron chi connectivity index (χ3n) is 3.07. The Morgan fingerprint density at radius 2 is 2.28 bits per heavy atom. The third-order valence-corrected chi connectivity index (χ3v) is 3.07. The average Bonchev–Trinajstić information content (AvgIpc) is 2.29. The van der Waals surface area contributed by atoms with Crippen molar-refractivity contribution < 1.29 is 4.92 Å². The van der Waals surface area contributed by atoms with Gasteiger partial charge in [-0.05, 0) is 24.9 Å². The topological polar surface area (TPSA) is 72.4 Å². The number of hydrogen-bond donors (Lipinski definition) is 1. The van der Waals surface area contributed by atoms with E-state index in [1.54, 1.807) is 12.1 Å². The molecule has 2 N–H and O–H groups in total. The van der Waals surface area contributed by atoms with Crippen molar-refractivity contribution in [3.63, 3.8) is 0 Å². The first-order valence-electron chi connectivity index (χ1n) is 5.86. The summed E-state index contributed by atoms with van der Waals surface area (Å²) in [4.78, 5) is 12.6. The fourth-order valence-corrected chi connectivity index (χ4v) is 2.26. The molecule has 0 unspecified atom stereocenters. The molecule has 1 fully saturated rings. The molecule has 1 atom stereocenters. The number of halogens is 1. The van der Waals surface area contributed by atoms with Crippen LogP contribution in [0.15, 0.2) is 24.3 Å². The Kier molecular flexibility index (Phi) is 5.53. The van der Waals surface area contributed by atoms with Crippen LogP contribution in [0.5, 0.6) is 0 Å². The molecule has 100 valence electrons. The number of non-ortho nitro benzene ring substituents is 1. The van der Waals surface area contributed by atoms with E-state index in [-0.39, 0.29) is 29.1 Å². The number of likely N-dealkylation sites (tertiary alicyclic amines) is 1. The highest BCUT2D eigenvalue weighted by Gasteiger charge is 2.17. The summed E-state index contributed by atoms with van der Waals surface area (Å²) in [7, 11) is 0. The summed E-state index contributed by atoms with van der Waals surface area (Å²) in [5, 5.41) is 10.7. The van der Waals surface area contributed by atoms with Crippen LogP contribution in [0.2, 0.25) is 0 Å². The van der Waals surface area contributed by atoms with Gasteiger partial charge in [0.2, 0.25) is 0 Å². The van der Waals surface area contributed by atoms with Crippen LogP contribution in [0.4, 0.5) is 5.69 Å². The van der Waals surface area contributed by atoms with Crippen molar-refractivity contribution in [3.8, 4) is 0 Å². The van der Waals surface area contributed by atoms with E-state index in [0.717, 1.165) is 38.0 Å². The van der Waals surface area contributed by atoms with E-state index < -0.39 is 0 Å². The molecule has 1 aliphatic rings. The highest BCUT2D eigenvalue weighted by atomic mass is 35.5. The second kappa shape index (κ2) is 6.68. The van der Waals surface area contributed by atoms with Gasteiger partial charge in [-0.3, -0.25) is 15.0 Å². The monoisotopic (exact) mass is 271 g/mol. The van der Waals surface area contributed by atoms with E-state index in [0.29, 0.717) is 0 Å². The van der Waals surface area contributed by atoms with Gasteiger partial charge in [-0.2, -0.15) is 0 Å². The lowest BCUT2D eigenvalue weighted by atomic mass is 10.1. The number of hydrogen-bond acceptors (Lipinski definition) is 4. The molecule has 1 saturated heterocycles. The maximum absolute atomic E-state index is 10.7. The van der Waals surface area contributed by atoms with Crippen LogP contribution in [0.3, 0.4) is 0 Å². The standard InChI is InChI=1S/C12H17N3O2.ClH/c13-11-4-2-6-14(9-11)8-10-3-1-5-12(7-10)15(16)17;/h1,3,5,7,11H,2,4,6,8-9,13H2;1H/t11-;/m1./s1. The molecule has 1 aliphatic heterocycles. The first-order chi connectivity index (χ1) is 8.15. The van der Waals surface area contributed by atoms with Gasteiger partial charge in [-0.1, -0.05) is 12.1 Å². The molecule has 2 rings (SSSR count). The number of nitrogens with zero attached hydrogens (tertiary/aromatic N) is 2. The van der Waals surface area contributed by atoms with E-state index >= 15 is 0 Å². The summed E-state index contributed by atoms with van der Waals surface area (Å²) < 4.78 is 0. The first kappa shape index (κ1) is 14.9. The van der Waals surface area contributed by atoms with Gasteiger partial charge >= 0.3 is 0 Å². The van der Waals surface area contributed by atoms with Gasteiger partial charge in [0.15, 0.2) is 0 Å². The summed E-state index contributed by atoms with van der Waals surface area (Å²) in [6, 6.07) is 7.05. The minimum atomic E-state index is -0.356. The Labute approximate surface area is 113 Å². The molecule has 5 nitrogen and oxygen atoms in total. The molecule has 0 saturated carbocycles. The number of nitro groups is 1. The lowest BCUT2D eigenvalue weighted by Gasteiger charge is -2.30. The van der Waals surface area contributed by atoms with Gasteiger partial charge in [0.05, 0.1) is 4.92 Å². The predicted molar refractivity (Wildman–Crippen MR) is 72.8 cm³/mol. The fourth-order valence-electron chi connectivity index (χ4n) is 2.26. The normalized spacial score (nSPS) is 20.2. The molecule has 0 spiro atoms. The first-order valence-corrected chi connectivity index (χ1v) is 5.86. The smallest absolute Gasteiger partial charge is 0.269 e. The molecule has 0 aliphatic carbocycles. The number of nitro benzene ring substituents is 1. The Hall–Kier alpha value is -1.17. The molecule has 0 bridgehead atoms. The lowest BCUT2D eigenvalue weighted by Crippen LogP contribution is -2.42. The molecular formula is C12H18ClN3O2. The van der Waals surface area contributed by atoms with E-state index in [9.17, 15) is 10.1 Å². The third kappa shape index (κ3) is 3.94. The van der Waals surface area contributed by atoms with Crippen LogP contribution in [0, 0.1) is 10.1 Å². The summed E-state index contributed by atoms with van der Waals surface area (Å²) in [6.07, 6.45) is 2.18. The molecule has 18 heavy (non-hydrogen) atoms. The molecule has 0 amide bonds. The van der Waals surface area contributed by atoms with Gasteiger partial charge in [-0.15, -0.1) is 12.4 Å². The minimum Gasteiger partial charge on any atom is -0.327 e. The molecule has 0 radical (unpaired) electrons. The van der Waals surface area contributed by atoms with Gasteiger partial charge in [-0.25, -0.2) is 0 Å². The Bertz CT molecular complexity index is 414. The second-order valence-electron chi connectivity index (χ2n) is 4.56. The predicted octanol–water partition coefficient (Wildman–Crippen LogP) is 1.94. The summed E-state index contributed by atoms with van der Waals surface area (Å²) in [6.45, 7) is 2.65. The van der Waals surface area contributed by atoms with Crippen molar-refractivity contribution in [2.75, 3.05) is 13.1 Å². The van der Waals surface area contributed by atoms with Gasteiger partial charge in [0, 0.05) is 31.3 Å². The summed E-state index contributed by atoms with van der Waals surface area (Å²) in [5.74, 6) is 0. The van der Waals surface area contributed by atoms with Crippen LogP contribution in [-0.2, 0) is 6.54 Å². The molecule has 1 aromatic rings. The van der Waals surface area contributed by atoms with Crippen molar-refractivity contribution in [2.24, 2.45) is 5.73 Å². The number of piperidine rings is 1. The number of nitrogens with two attached hydrogens (primary N) is 1. The zero-order valence-corrected chi connectivity index (χ0v) is 10.9. The van der Waals surface area contributed by atoms with Crippen LogP contribution >= 0.6 is 12.4 Å². The van der Waals surface area contributed by atoms with Crippen LogP contribution in [0.1, 0.15) is 18.4 Å². The van der Waals surface area contributed by atoms with Crippen molar-refractivity contribution >= 4 is 18.1 Å². The lowest BCUT2D eigenvalue weighted by molar-refractivity contribution is -0.384. The zero-order chi connectivity index (χ0) is 12.3. The molecule has 0 aromatic heterocycles. The van der Waals surface area contributed by atoms with Crippen LogP contribution < -0.4 is 5.73 Å². The minimum absolute atomic E-state index is 0. The second-order valence-corrected chi connectivity index (χ2v) is 4.56. The van der Waals surface area contributed by atoms with Crippen molar-refractivity contribution in [1.82, 2.24) is 4.90 Å².